The molecule has 0 fully saturated rings. The van der Waals surface area contributed by atoms with E-state index in [1.165, 1.54) is 0 Å². The summed E-state index contributed by atoms with van der Waals surface area (Å²) in [6, 6.07) is 20.0. The predicted molar refractivity (Wildman–Crippen MR) is 44.1 cm³/mol. The van der Waals surface area contributed by atoms with E-state index in [1.54, 1.807) is 0 Å². The Hall–Kier alpha value is -0.677. The molecule has 0 aliphatic carbocycles. The van der Waals surface area contributed by atoms with Crippen LogP contribution in [0, 0.1) is 0 Å². The van der Waals surface area contributed by atoms with Crippen LogP contribution in [0.25, 0.3) is 0 Å². The van der Waals surface area contributed by atoms with Gasteiger partial charge in [-0.2, -0.15) is 18.2 Å². The summed E-state index contributed by atoms with van der Waals surface area (Å²) in [4.78, 5) is 0. The summed E-state index contributed by atoms with van der Waals surface area (Å²) in [6.07, 6.45) is 0. The summed E-state index contributed by atoms with van der Waals surface area (Å²) in [6.45, 7) is 0. The zero-order valence-electron chi connectivity index (χ0n) is 6.11. The van der Waals surface area contributed by atoms with Gasteiger partial charge in [-0.1, -0.05) is 0 Å². The normalized spacial score (nSPS) is 7.27. The van der Waals surface area contributed by atoms with E-state index in [4.69, 9.17) is 0 Å². The molecule has 0 heterocycles. The van der Waals surface area contributed by atoms with E-state index < -0.39 is 0 Å². The molecule has 0 nitrogen and oxygen atoms in total. The van der Waals surface area contributed by atoms with Gasteiger partial charge in [0, 0.05) is 19.5 Å². The Bertz CT molecular complexity index is 144. The van der Waals surface area contributed by atoms with Crippen molar-refractivity contribution in [3.05, 3.63) is 60.7 Å². The van der Waals surface area contributed by atoms with Crippen LogP contribution in [0.3, 0.4) is 0 Å². The maximum absolute atomic E-state index is 2.00. The Morgan fingerprint density at radius 1 is 0.636 bits per heavy atom. The quantitative estimate of drug-likeness (QED) is 0.484. The molecule has 2 aromatic carbocycles. The minimum absolute atomic E-state index is 0. The topological polar surface area (TPSA) is 0 Å². The Morgan fingerprint density at radius 2 is 1.00 bits per heavy atom. The smallest absolute Gasteiger partial charge is 0 e. The summed E-state index contributed by atoms with van der Waals surface area (Å²) in [5, 5.41) is 0. The van der Waals surface area contributed by atoms with Crippen LogP contribution in [-0.2, 0) is 19.5 Å². The second-order valence-corrected chi connectivity index (χ2v) is 1.92. The molecule has 2 aromatic rings. The van der Waals surface area contributed by atoms with Crippen molar-refractivity contribution in [3.63, 3.8) is 0 Å². The zero-order valence-corrected chi connectivity index (χ0v) is 7.75. The molecule has 1 radical (unpaired) electrons. The molecule has 0 unspecified atom stereocenters. The monoisotopic (exact) mass is 233 g/mol. The zero-order chi connectivity index (χ0) is 7.07. The second kappa shape index (κ2) is 7.43. The van der Waals surface area contributed by atoms with Gasteiger partial charge in [-0.05, 0) is 0 Å². The van der Waals surface area contributed by atoms with E-state index in [-0.39, 0.29) is 19.5 Å². The van der Waals surface area contributed by atoms with E-state index in [9.17, 15) is 0 Å². The minimum atomic E-state index is 0. The van der Waals surface area contributed by atoms with Crippen LogP contribution in [0.2, 0.25) is 0 Å². The van der Waals surface area contributed by atoms with Gasteiger partial charge in [-0.15, -0.1) is 0 Å². The van der Waals surface area contributed by atoms with Crippen molar-refractivity contribution in [2.24, 2.45) is 0 Å². The molecule has 0 saturated carbocycles. The Balaban J connectivity index is 0.000000167. The maximum Gasteiger partial charge on any atom is 0 e. The minimum Gasteiger partial charge on any atom is -0.748 e. The van der Waals surface area contributed by atoms with Gasteiger partial charge in [0.2, 0.25) is 0 Å². The fraction of sp³-hybridized carbons (Fsp3) is 0. The maximum atomic E-state index is 2.00. The molecular formula is C10H10Rh-6. The second-order valence-electron chi connectivity index (χ2n) is 1.92. The van der Waals surface area contributed by atoms with Crippen molar-refractivity contribution in [2.75, 3.05) is 0 Å². The Kier molecular flexibility index (Phi) is 6.97. The first kappa shape index (κ1) is 10.3. The van der Waals surface area contributed by atoms with E-state index in [0.29, 0.717) is 0 Å². The largest absolute Gasteiger partial charge is 0.748 e. The van der Waals surface area contributed by atoms with E-state index >= 15 is 0 Å². The molecular weight excluding hydrogens is 223 g/mol. The van der Waals surface area contributed by atoms with Gasteiger partial charge in [0.05, 0.1) is 0 Å². The average Bonchev–Trinajstić information content (AvgIpc) is 2.67. The van der Waals surface area contributed by atoms with E-state index in [2.05, 4.69) is 0 Å². The fourth-order valence-electron chi connectivity index (χ4n) is 0.642. The SMILES string of the molecule is [Rh].[cH-]1[cH-][cH-][cH-][cH-]1.c1cc[cH-]c1. The molecule has 2 rings (SSSR count). The Morgan fingerprint density at radius 3 is 1.18 bits per heavy atom. The molecule has 0 bridgehead atoms. The first-order valence-electron chi connectivity index (χ1n) is 3.33. The van der Waals surface area contributed by atoms with E-state index in [0.717, 1.165) is 0 Å². The number of hydrogen-bond acceptors (Lipinski definition) is 0. The number of hydrogen-bond donors (Lipinski definition) is 0. The summed E-state index contributed by atoms with van der Waals surface area (Å²) in [5.41, 5.74) is 0. The summed E-state index contributed by atoms with van der Waals surface area (Å²) < 4.78 is 0. The van der Waals surface area contributed by atoms with Crippen LogP contribution in [0.4, 0.5) is 0 Å². The van der Waals surface area contributed by atoms with Gasteiger partial charge in [0.25, 0.3) is 0 Å². The third-order valence-electron chi connectivity index (χ3n) is 1.11. The molecule has 0 aliphatic rings. The van der Waals surface area contributed by atoms with Crippen LogP contribution in [-0.4, -0.2) is 0 Å². The van der Waals surface area contributed by atoms with Crippen LogP contribution >= 0.6 is 0 Å². The summed E-state index contributed by atoms with van der Waals surface area (Å²) in [7, 11) is 0. The van der Waals surface area contributed by atoms with Crippen LogP contribution in [0.15, 0.2) is 60.7 Å². The van der Waals surface area contributed by atoms with Crippen molar-refractivity contribution in [3.8, 4) is 0 Å². The summed E-state index contributed by atoms with van der Waals surface area (Å²) in [5.74, 6) is 0. The van der Waals surface area contributed by atoms with Crippen molar-refractivity contribution < 1.29 is 19.5 Å². The standard InChI is InChI=1S/2C5H5.Rh/c2*1-2-4-5-3-1;/h2*1-5H;/q-5;-1;. The molecule has 11 heavy (non-hydrogen) atoms. The molecule has 0 spiro atoms. The van der Waals surface area contributed by atoms with Crippen LogP contribution in [0.1, 0.15) is 0 Å². The van der Waals surface area contributed by atoms with Gasteiger partial charge in [-0.25, -0.2) is 12.1 Å². The van der Waals surface area contributed by atoms with Crippen LogP contribution in [0.5, 0.6) is 0 Å². The molecule has 0 aromatic heterocycles. The molecule has 0 amide bonds. The van der Waals surface area contributed by atoms with Gasteiger partial charge < -0.3 is 30.3 Å². The average molecular weight is 233 g/mol. The van der Waals surface area contributed by atoms with Crippen molar-refractivity contribution in [2.45, 2.75) is 0 Å². The van der Waals surface area contributed by atoms with Crippen molar-refractivity contribution in [1.29, 1.82) is 0 Å². The number of rotatable bonds is 0. The van der Waals surface area contributed by atoms with Crippen molar-refractivity contribution in [1.82, 2.24) is 0 Å². The third kappa shape index (κ3) is 5.75. The van der Waals surface area contributed by atoms with E-state index in [1.807, 2.05) is 60.7 Å². The molecule has 0 aliphatic heterocycles. The van der Waals surface area contributed by atoms with Crippen LogP contribution < -0.4 is 0 Å². The van der Waals surface area contributed by atoms with Gasteiger partial charge in [0.15, 0.2) is 0 Å². The van der Waals surface area contributed by atoms with Gasteiger partial charge in [0.1, 0.15) is 0 Å². The molecule has 65 valence electrons. The first-order valence-corrected chi connectivity index (χ1v) is 3.33. The molecule has 0 atom stereocenters. The van der Waals surface area contributed by atoms with Gasteiger partial charge in [-0.3, -0.25) is 0 Å². The fourth-order valence-corrected chi connectivity index (χ4v) is 0.642. The molecule has 1 heteroatoms. The first-order chi connectivity index (χ1) is 5.00. The summed E-state index contributed by atoms with van der Waals surface area (Å²) >= 11 is 0. The predicted octanol–water partition coefficient (Wildman–Crippen LogP) is 2.81. The molecule has 0 N–H and O–H groups in total. The third-order valence-corrected chi connectivity index (χ3v) is 1.11. The van der Waals surface area contributed by atoms with Gasteiger partial charge >= 0.3 is 0 Å². The molecule has 0 saturated heterocycles. The Labute approximate surface area is 80.4 Å². The van der Waals surface area contributed by atoms with Crippen molar-refractivity contribution >= 4 is 0 Å².